The highest BCUT2D eigenvalue weighted by atomic mass is 16.5. The second kappa shape index (κ2) is 6.60. The number of nitrogens with zero attached hydrogens (tertiary/aromatic N) is 4. The fraction of sp³-hybridized carbons (Fsp3) is 0.688. The lowest BCUT2D eigenvalue weighted by atomic mass is 9.95. The third-order valence-corrected chi connectivity index (χ3v) is 4.62. The van der Waals surface area contributed by atoms with Crippen molar-refractivity contribution in [3.05, 3.63) is 24.3 Å². The first-order chi connectivity index (χ1) is 10.7. The highest BCUT2D eigenvalue weighted by molar-refractivity contribution is 5.80. The van der Waals surface area contributed by atoms with Crippen molar-refractivity contribution in [2.24, 2.45) is 0 Å². The summed E-state index contributed by atoms with van der Waals surface area (Å²) in [5.74, 6) is 2.75. The van der Waals surface area contributed by atoms with Crippen molar-refractivity contribution in [2.75, 3.05) is 19.7 Å². The predicted molar refractivity (Wildman–Crippen MR) is 82.5 cm³/mol. The van der Waals surface area contributed by atoms with Crippen LogP contribution >= 0.6 is 0 Å². The number of ether oxygens (including phenoxy) is 1. The summed E-state index contributed by atoms with van der Waals surface area (Å²) in [4.78, 5) is 14.2. The van der Waals surface area contributed by atoms with E-state index in [0.717, 1.165) is 50.5 Å². The number of carbonyl (C=O) groups is 1. The van der Waals surface area contributed by atoms with Crippen LogP contribution in [0.1, 0.15) is 43.8 Å². The van der Waals surface area contributed by atoms with Crippen molar-refractivity contribution in [3.8, 4) is 0 Å². The first-order valence-corrected chi connectivity index (χ1v) is 8.14. The topological polar surface area (TPSA) is 60.2 Å². The van der Waals surface area contributed by atoms with E-state index in [0.29, 0.717) is 12.5 Å². The molecule has 0 radical (unpaired) electrons. The minimum atomic E-state index is -0.396. The SMILES string of the molecule is C=CCOC(C)C(=O)N1CCC(c2nnc3n2CCC3)CC1. The van der Waals surface area contributed by atoms with Gasteiger partial charge in [0.15, 0.2) is 0 Å². The Labute approximate surface area is 131 Å². The van der Waals surface area contributed by atoms with Gasteiger partial charge >= 0.3 is 0 Å². The molecule has 0 N–H and O–H groups in total. The highest BCUT2D eigenvalue weighted by Crippen LogP contribution is 2.29. The third-order valence-electron chi connectivity index (χ3n) is 4.62. The molecule has 0 aromatic carbocycles. The van der Waals surface area contributed by atoms with Crippen LogP contribution < -0.4 is 0 Å². The number of hydrogen-bond acceptors (Lipinski definition) is 4. The Morgan fingerprint density at radius 1 is 1.41 bits per heavy atom. The lowest BCUT2D eigenvalue weighted by Crippen LogP contribution is -2.43. The van der Waals surface area contributed by atoms with Crippen LogP contribution in [0.2, 0.25) is 0 Å². The fourth-order valence-corrected chi connectivity index (χ4v) is 3.37. The molecule has 2 aliphatic heterocycles. The molecule has 2 aliphatic rings. The standard InChI is InChI=1S/C16H24N4O2/c1-3-11-22-12(2)16(21)19-9-6-13(7-10-19)15-18-17-14-5-4-8-20(14)15/h3,12-13H,1,4-11H2,2H3. The van der Waals surface area contributed by atoms with E-state index in [-0.39, 0.29) is 5.91 Å². The van der Waals surface area contributed by atoms with Crippen LogP contribution in [0.25, 0.3) is 0 Å². The molecule has 0 aliphatic carbocycles. The average molecular weight is 304 g/mol. The van der Waals surface area contributed by atoms with E-state index in [4.69, 9.17) is 4.74 Å². The summed E-state index contributed by atoms with van der Waals surface area (Å²) in [6.45, 7) is 8.41. The van der Waals surface area contributed by atoms with Gasteiger partial charge in [-0.2, -0.15) is 0 Å². The molecular formula is C16H24N4O2. The molecule has 1 amide bonds. The van der Waals surface area contributed by atoms with E-state index in [2.05, 4.69) is 21.3 Å². The van der Waals surface area contributed by atoms with Crippen LogP contribution in [0.3, 0.4) is 0 Å². The fourth-order valence-electron chi connectivity index (χ4n) is 3.37. The van der Waals surface area contributed by atoms with Crippen LogP contribution in [0, 0.1) is 0 Å². The van der Waals surface area contributed by atoms with E-state index in [1.54, 1.807) is 6.08 Å². The molecular weight excluding hydrogens is 280 g/mol. The molecule has 1 aromatic rings. The Hall–Kier alpha value is -1.69. The number of likely N-dealkylation sites (tertiary alicyclic amines) is 1. The first-order valence-electron chi connectivity index (χ1n) is 8.14. The van der Waals surface area contributed by atoms with E-state index < -0.39 is 6.10 Å². The smallest absolute Gasteiger partial charge is 0.251 e. The van der Waals surface area contributed by atoms with Crippen molar-refractivity contribution in [3.63, 3.8) is 0 Å². The summed E-state index contributed by atoms with van der Waals surface area (Å²) < 4.78 is 7.71. The van der Waals surface area contributed by atoms with E-state index in [1.807, 2.05) is 11.8 Å². The predicted octanol–water partition coefficient (Wildman–Crippen LogP) is 1.52. The molecule has 22 heavy (non-hydrogen) atoms. The van der Waals surface area contributed by atoms with E-state index in [1.165, 1.54) is 6.42 Å². The van der Waals surface area contributed by atoms with Gasteiger partial charge in [0, 0.05) is 32.0 Å². The maximum absolute atomic E-state index is 12.3. The number of rotatable bonds is 5. The summed E-state index contributed by atoms with van der Waals surface area (Å²) in [7, 11) is 0. The minimum Gasteiger partial charge on any atom is -0.365 e. The van der Waals surface area contributed by atoms with Crippen LogP contribution in [-0.2, 0) is 22.5 Å². The molecule has 0 bridgehead atoms. The normalized spacial score (nSPS) is 20.0. The molecule has 120 valence electrons. The minimum absolute atomic E-state index is 0.0757. The summed E-state index contributed by atoms with van der Waals surface area (Å²) in [5, 5.41) is 8.67. The Kier molecular flexibility index (Phi) is 4.57. The number of piperidine rings is 1. The van der Waals surface area contributed by atoms with Gasteiger partial charge in [-0.25, -0.2) is 0 Å². The van der Waals surface area contributed by atoms with Crippen molar-refractivity contribution in [1.82, 2.24) is 19.7 Å². The summed E-state index contributed by atoms with van der Waals surface area (Å²) in [6, 6.07) is 0. The van der Waals surface area contributed by atoms with Gasteiger partial charge in [0.25, 0.3) is 5.91 Å². The van der Waals surface area contributed by atoms with Crippen LogP contribution in [0.4, 0.5) is 0 Å². The molecule has 3 rings (SSSR count). The average Bonchev–Trinajstić information content (AvgIpc) is 3.15. The summed E-state index contributed by atoms with van der Waals surface area (Å²) in [5.41, 5.74) is 0. The Bertz CT molecular complexity index is 546. The molecule has 6 nitrogen and oxygen atoms in total. The largest absolute Gasteiger partial charge is 0.365 e. The van der Waals surface area contributed by atoms with Crippen LogP contribution in [0.5, 0.6) is 0 Å². The quantitative estimate of drug-likeness (QED) is 0.774. The number of carbonyl (C=O) groups excluding carboxylic acids is 1. The van der Waals surface area contributed by atoms with Crippen molar-refractivity contribution >= 4 is 5.91 Å². The number of aromatic nitrogens is 3. The second-order valence-electron chi connectivity index (χ2n) is 6.09. The summed E-state index contributed by atoms with van der Waals surface area (Å²) in [6.07, 6.45) is 5.40. The molecule has 1 aromatic heterocycles. The van der Waals surface area contributed by atoms with Gasteiger partial charge in [0.1, 0.15) is 17.8 Å². The third kappa shape index (κ3) is 2.92. The van der Waals surface area contributed by atoms with Crippen LogP contribution in [-0.4, -0.2) is 51.4 Å². The Morgan fingerprint density at radius 2 is 2.18 bits per heavy atom. The Morgan fingerprint density at radius 3 is 2.91 bits per heavy atom. The van der Waals surface area contributed by atoms with Crippen molar-refractivity contribution in [1.29, 1.82) is 0 Å². The Balaban J connectivity index is 1.56. The first kappa shape index (κ1) is 15.2. The van der Waals surface area contributed by atoms with Crippen LogP contribution in [0.15, 0.2) is 12.7 Å². The maximum atomic E-state index is 12.3. The zero-order valence-corrected chi connectivity index (χ0v) is 13.2. The maximum Gasteiger partial charge on any atom is 0.251 e. The van der Waals surface area contributed by atoms with Gasteiger partial charge in [-0.05, 0) is 26.2 Å². The van der Waals surface area contributed by atoms with Crippen molar-refractivity contribution in [2.45, 2.75) is 51.2 Å². The zero-order valence-electron chi connectivity index (χ0n) is 13.2. The van der Waals surface area contributed by atoms with E-state index >= 15 is 0 Å². The molecule has 3 heterocycles. The number of hydrogen-bond donors (Lipinski definition) is 0. The molecule has 6 heteroatoms. The van der Waals surface area contributed by atoms with E-state index in [9.17, 15) is 4.79 Å². The molecule has 0 saturated carbocycles. The zero-order chi connectivity index (χ0) is 15.5. The number of fused-ring (bicyclic) bond motifs is 1. The molecule has 1 saturated heterocycles. The monoisotopic (exact) mass is 304 g/mol. The summed E-state index contributed by atoms with van der Waals surface area (Å²) >= 11 is 0. The van der Waals surface area contributed by atoms with Gasteiger partial charge in [-0.1, -0.05) is 6.08 Å². The molecule has 1 fully saturated rings. The second-order valence-corrected chi connectivity index (χ2v) is 6.09. The lowest BCUT2D eigenvalue weighted by molar-refractivity contribution is -0.143. The van der Waals surface area contributed by atoms with Crippen molar-refractivity contribution < 1.29 is 9.53 Å². The molecule has 1 atom stereocenters. The number of amides is 1. The number of aryl methyl sites for hydroxylation is 1. The van der Waals surface area contributed by atoms with Gasteiger partial charge in [0.2, 0.25) is 0 Å². The highest BCUT2D eigenvalue weighted by Gasteiger charge is 2.30. The molecule has 1 unspecified atom stereocenters. The van der Waals surface area contributed by atoms with Gasteiger partial charge < -0.3 is 14.2 Å². The van der Waals surface area contributed by atoms with Gasteiger partial charge in [0.05, 0.1) is 6.61 Å². The van der Waals surface area contributed by atoms with Gasteiger partial charge in [-0.3, -0.25) is 4.79 Å². The molecule has 0 spiro atoms. The van der Waals surface area contributed by atoms with Gasteiger partial charge in [-0.15, -0.1) is 16.8 Å². The lowest BCUT2D eigenvalue weighted by Gasteiger charge is -2.33.